The summed E-state index contributed by atoms with van der Waals surface area (Å²) in [6.45, 7) is 2.97. The number of aliphatic carboxylic acids is 1. The molecule has 2 fully saturated rings. The van der Waals surface area contributed by atoms with E-state index in [-0.39, 0.29) is 29.1 Å². The van der Waals surface area contributed by atoms with Crippen LogP contribution in [0.1, 0.15) is 33.1 Å². The molecular weight excluding hydrogens is 416 g/mol. The average molecular weight is 438 g/mol. The van der Waals surface area contributed by atoms with E-state index >= 15 is 0 Å². The molecule has 30 heavy (non-hydrogen) atoms. The number of cyclic esters (lactones) is 2. The second-order valence-electron chi connectivity index (χ2n) is 7.37. The second kappa shape index (κ2) is 8.07. The second-order valence-corrected chi connectivity index (χ2v) is 9.27. The molecule has 0 saturated carbocycles. The van der Waals surface area contributed by atoms with Crippen molar-refractivity contribution in [3.8, 4) is 0 Å². The predicted molar refractivity (Wildman–Crippen MR) is 104 cm³/mol. The van der Waals surface area contributed by atoms with Crippen LogP contribution >= 0.6 is 0 Å². The summed E-state index contributed by atoms with van der Waals surface area (Å²) < 4.78 is 37.0. The summed E-state index contributed by atoms with van der Waals surface area (Å²) in [5.41, 5.74) is -0.0950. The molecule has 1 aromatic carbocycles. The third-order valence-electron chi connectivity index (χ3n) is 4.68. The summed E-state index contributed by atoms with van der Waals surface area (Å²) in [4.78, 5) is 35.3. The van der Waals surface area contributed by atoms with E-state index in [1.165, 1.54) is 38.1 Å². The number of rotatable bonds is 5. The Hall–Kier alpha value is -2.92. The van der Waals surface area contributed by atoms with Gasteiger partial charge in [-0.3, -0.25) is 4.79 Å². The number of nitrogens with one attached hydrogen (secondary N) is 1. The summed E-state index contributed by atoms with van der Waals surface area (Å²) >= 11 is 0. The Morgan fingerprint density at radius 3 is 2.53 bits per heavy atom. The number of anilines is 1. The number of carbonyl (C=O) groups is 3. The van der Waals surface area contributed by atoms with Gasteiger partial charge in [0.15, 0.2) is 5.57 Å². The number of carbonyl (C=O) groups excluding carboxylic acids is 2. The zero-order valence-corrected chi connectivity index (χ0v) is 17.3. The van der Waals surface area contributed by atoms with Crippen LogP contribution in [0, 0.1) is 0 Å². The largest absolute Gasteiger partial charge is 0.480 e. The highest BCUT2D eigenvalue weighted by atomic mass is 32.2. The number of sulfonamides is 1. The SMILES string of the molecule is CC1(C)OC(=O)C(=CNc2cccc(S(=O)(=O)N3CCCCC3C(=O)O)c2)C(=O)O1. The smallest absolute Gasteiger partial charge is 0.350 e. The molecule has 0 amide bonds. The number of hydrogen-bond donors (Lipinski definition) is 2. The molecule has 1 atom stereocenters. The van der Waals surface area contributed by atoms with Crippen molar-refractivity contribution in [3.05, 3.63) is 36.0 Å². The fourth-order valence-electron chi connectivity index (χ4n) is 3.26. The van der Waals surface area contributed by atoms with E-state index in [1.54, 1.807) is 0 Å². The Bertz CT molecular complexity index is 993. The summed E-state index contributed by atoms with van der Waals surface area (Å²) in [7, 11) is -4.05. The molecule has 2 aliphatic heterocycles. The van der Waals surface area contributed by atoms with Crippen molar-refractivity contribution in [1.29, 1.82) is 0 Å². The molecule has 2 N–H and O–H groups in total. The molecule has 11 heteroatoms. The van der Waals surface area contributed by atoms with Gasteiger partial charge in [0.25, 0.3) is 5.79 Å². The minimum absolute atomic E-state index is 0.103. The summed E-state index contributed by atoms with van der Waals surface area (Å²) in [6, 6.07) is 4.53. The van der Waals surface area contributed by atoms with Gasteiger partial charge in [0.2, 0.25) is 10.0 Å². The van der Waals surface area contributed by atoms with E-state index in [0.29, 0.717) is 12.8 Å². The maximum absolute atomic E-state index is 13.0. The molecule has 1 aromatic rings. The van der Waals surface area contributed by atoms with Gasteiger partial charge in [-0.2, -0.15) is 4.31 Å². The van der Waals surface area contributed by atoms with Gasteiger partial charge in [-0.15, -0.1) is 0 Å². The van der Waals surface area contributed by atoms with Crippen molar-refractivity contribution < 1.29 is 37.4 Å². The predicted octanol–water partition coefficient (Wildman–Crippen LogP) is 1.45. The van der Waals surface area contributed by atoms with Crippen molar-refractivity contribution in [3.63, 3.8) is 0 Å². The molecule has 2 aliphatic rings. The Balaban J connectivity index is 1.83. The third-order valence-corrected chi connectivity index (χ3v) is 6.58. The molecule has 1 unspecified atom stereocenters. The van der Waals surface area contributed by atoms with Gasteiger partial charge in [0, 0.05) is 32.3 Å². The lowest BCUT2D eigenvalue weighted by Crippen LogP contribution is -2.47. The number of carboxylic acids is 1. The maximum Gasteiger partial charge on any atom is 0.350 e. The molecule has 2 saturated heterocycles. The molecular formula is C19H22N2O8S. The zero-order chi connectivity index (χ0) is 22.1. The molecule has 0 bridgehead atoms. The number of hydrogen-bond acceptors (Lipinski definition) is 8. The van der Waals surface area contributed by atoms with E-state index in [2.05, 4.69) is 5.32 Å². The standard InChI is InChI=1S/C19H22N2O8S/c1-19(2)28-17(24)14(18(25)29-19)11-20-12-6-5-7-13(10-12)30(26,27)21-9-4-3-8-15(21)16(22)23/h5-7,10-11,15,20H,3-4,8-9H2,1-2H3,(H,22,23). The van der Waals surface area contributed by atoms with E-state index < -0.39 is 39.8 Å². The van der Waals surface area contributed by atoms with Crippen LogP contribution in [0.3, 0.4) is 0 Å². The highest BCUT2D eigenvalue weighted by Crippen LogP contribution is 2.27. The summed E-state index contributed by atoms with van der Waals surface area (Å²) in [5, 5.41) is 12.1. The van der Waals surface area contributed by atoms with Gasteiger partial charge < -0.3 is 19.9 Å². The molecule has 3 rings (SSSR count). The normalized spacial score (nSPS) is 22.1. The molecule has 0 aromatic heterocycles. The molecule has 0 aliphatic carbocycles. The number of esters is 2. The Labute approximate surface area is 173 Å². The average Bonchev–Trinajstić information content (AvgIpc) is 2.66. The lowest BCUT2D eigenvalue weighted by Gasteiger charge is -2.31. The minimum Gasteiger partial charge on any atom is -0.480 e. The Morgan fingerprint density at radius 2 is 1.90 bits per heavy atom. The van der Waals surface area contributed by atoms with Crippen LogP contribution in [0.15, 0.2) is 40.9 Å². The van der Waals surface area contributed by atoms with Crippen LogP contribution in [0.25, 0.3) is 0 Å². The first-order valence-electron chi connectivity index (χ1n) is 9.29. The lowest BCUT2D eigenvalue weighted by molar-refractivity contribution is -0.222. The summed E-state index contributed by atoms with van der Waals surface area (Å²) in [5.74, 6) is -4.29. The topological polar surface area (TPSA) is 139 Å². The first-order valence-corrected chi connectivity index (χ1v) is 10.7. The fourth-order valence-corrected chi connectivity index (χ4v) is 4.95. The summed E-state index contributed by atoms with van der Waals surface area (Å²) in [6.07, 6.45) is 2.54. The van der Waals surface area contributed by atoms with E-state index in [1.807, 2.05) is 0 Å². The number of benzene rings is 1. The van der Waals surface area contributed by atoms with Crippen molar-refractivity contribution in [2.45, 2.75) is 49.8 Å². The number of nitrogens with zero attached hydrogens (tertiary/aromatic N) is 1. The third kappa shape index (κ3) is 4.46. The molecule has 162 valence electrons. The Morgan fingerprint density at radius 1 is 1.23 bits per heavy atom. The first-order chi connectivity index (χ1) is 14.0. The molecule has 2 heterocycles. The number of carboxylic acid groups (broad SMARTS) is 1. The van der Waals surface area contributed by atoms with E-state index in [4.69, 9.17) is 9.47 Å². The van der Waals surface area contributed by atoms with Gasteiger partial charge in [-0.05, 0) is 37.5 Å². The number of ether oxygens (including phenoxy) is 2. The van der Waals surface area contributed by atoms with E-state index in [9.17, 15) is 27.9 Å². The molecule has 0 spiro atoms. The van der Waals surface area contributed by atoms with Gasteiger partial charge in [-0.1, -0.05) is 6.07 Å². The van der Waals surface area contributed by atoms with Crippen LogP contribution < -0.4 is 5.32 Å². The molecule has 10 nitrogen and oxygen atoms in total. The van der Waals surface area contributed by atoms with Crippen LogP contribution in [0.5, 0.6) is 0 Å². The van der Waals surface area contributed by atoms with Gasteiger partial charge in [0.05, 0.1) is 4.90 Å². The van der Waals surface area contributed by atoms with Crippen LogP contribution in [-0.4, -0.2) is 54.1 Å². The molecule has 0 radical (unpaired) electrons. The zero-order valence-electron chi connectivity index (χ0n) is 16.5. The quantitative estimate of drug-likeness (QED) is 0.397. The highest BCUT2D eigenvalue weighted by molar-refractivity contribution is 7.89. The maximum atomic E-state index is 13.0. The van der Waals surface area contributed by atoms with E-state index in [0.717, 1.165) is 10.5 Å². The minimum atomic E-state index is -4.05. The van der Waals surface area contributed by atoms with Gasteiger partial charge in [-0.25, -0.2) is 18.0 Å². The Kier molecular flexibility index (Phi) is 5.86. The van der Waals surface area contributed by atoms with Crippen molar-refractivity contribution in [1.82, 2.24) is 4.31 Å². The fraction of sp³-hybridized carbons (Fsp3) is 0.421. The van der Waals surface area contributed by atoms with Crippen molar-refractivity contribution in [2.24, 2.45) is 0 Å². The van der Waals surface area contributed by atoms with Gasteiger partial charge in [0.1, 0.15) is 6.04 Å². The van der Waals surface area contributed by atoms with Gasteiger partial charge >= 0.3 is 17.9 Å². The monoisotopic (exact) mass is 438 g/mol. The number of piperidine rings is 1. The lowest BCUT2D eigenvalue weighted by atomic mass is 10.1. The first kappa shape index (κ1) is 21.8. The van der Waals surface area contributed by atoms with Crippen LogP contribution in [-0.2, 0) is 33.9 Å². The van der Waals surface area contributed by atoms with Crippen LogP contribution in [0.2, 0.25) is 0 Å². The van der Waals surface area contributed by atoms with Crippen LogP contribution in [0.4, 0.5) is 5.69 Å². The highest BCUT2D eigenvalue weighted by Gasteiger charge is 2.39. The van der Waals surface area contributed by atoms with Crippen molar-refractivity contribution in [2.75, 3.05) is 11.9 Å². The van der Waals surface area contributed by atoms with Crippen molar-refractivity contribution >= 4 is 33.6 Å².